The van der Waals surface area contributed by atoms with Gasteiger partial charge in [-0.3, -0.25) is 9.69 Å². The van der Waals surface area contributed by atoms with Gasteiger partial charge in [-0.25, -0.2) is 0 Å². The molecular weight excluding hydrogens is 262 g/mol. The largest absolute Gasteiger partial charge is 0.399 e. The number of nitrogens with zero attached hydrogens (tertiary/aromatic N) is 1. The number of nitrogens with two attached hydrogens (primary N) is 1. The molecule has 1 aromatic carbocycles. The molecule has 0 saturated carbocycles. The summed E-state index contributed by atoms with van der Waals surface area (Å²) in [5.74, 6) is 0.621. The molecule has 4 heteroatoms. The van der Waals surface area contributed by atoms with Crippen LogP contribution in [-0.2, 0) is 4.79 Å². The molecule has 0 fully saturated rings. The van der Waals surface area contributed by atoms with Gasteiger partial charge >= 0.3 is 0 Å². The lowest BCUT2D eigenvalue weighted by Crippen LogP contribution is -2.44. The van der Waals surface area contributed by atoms with Crippen molar-refractivity contribution in [2.75, 3.05) is 18.1 Å². The van der Waals surface area contributed by atoms with Crippen molar-refractivity contribution in [2.24, 2.45) is 5.92 Å². The van der Waals surface area contributed by atoms with E-state index in [9.17, 15) is 4.79 Å². The number of carbonyl (C=O) groups excluding carboxylic acids is 1. The molecular formula is C17H29N3O. The van der Waals surface area contributed by atoms with Gasteiger partial charge in [-0.2, -0.15) is 0 Å². The van der Waals surface area contributed by atoms with E-state index in [4.69, 9.17) is 5.73 Å². The molecule has 2 unspecified atom stereocenters. The smallest absolute Gasteiger partial charge is 0.241 e. The molecule has 3 N–H and O–H groups in total. The van der Waals surface area contributed by atoms with E-state index in [1.165, 1.54) is 0 Å². The van der Waals surface area contributed by atoms with Crippen molar-refractivity contribution in [1.29, 1.82) is 0 Å². The topological polar surface area (TPSA) is 58.4 Å². The van der Waals surface area contributed by atoms with E-state index >= 15 is 0 Å². The molecule has 1 rings (SSSR count). The maximum Gasteiger partial charge on any atom is 0.241 e. The zero-order valence-corrected chi connectivity index (χ0v) is 14.1. The Hall–Kier alpha value is -1.55. The van der Waals surface area contributed by atoms with Crippen LogP contribution in [-0.4, -0.2) is 29.9 Å². The van der Waals surface area contributed by atoms with Crippen LogP contribution in [0, 0.1) is 12.8 Å². The fourth-order valence-corrected chi connectivity index (χ4v) is 2.43. The Bertz CT molecular complexity index is 485. The number of benzene rings is 1. The highest BCUT2D eigenvalue weighted by atomic mass is 16.2. The number of aryl methyl sites for hydroxylation is 1. The molecule has 0 radical (unpaired) electrons. The number of hydrogen-bond donors (Lipinski definition) is 2. The molecule has 21 heavy (non-hydrogen) atoms. The number of amides is 1. The molecule has 4 nitrogen and oxygen atoms in total. The Morgan fingerprint density at radius 3 is 2.48 bits per heavy atom. The molecule has 1 amide bonds. The van der Waals surface area contributed by atoms with Gasteiger partial charge in [-0.1, -0.05) is 19.9 Å². The van der Waals surface area contributed by atoms with Crippen LogP contribution in [0.3, 0.4) is 0 Å². The van der Waals surface area contributed by atoms with E-state index < -0.39 is 0 Å². The van der Waals surface area contributed by atoms with Crippen LogP contribution in [0.2, 0.25) is 0 Å². The number of likely N-dealkylation sites (N-methyl/N-ethyl adjacent to an activating group) is 1. The van der Waals surface area contributed by atoms with Gasteiger partial charge in [0, 0.05) is 17.4 Å². The minimum absolute atomic E-state index is 0.00167. The number of rotatable bonds is 6. The number of nitrogen functional groups attached to an aromatic ring is 1. The minimum atomic E-state index is -0.181. The van der Waals surface area contributed by atoms with Gasteiger partial charge in [-0.15, -0.1) is 0 Å². The van der Waals surface area contributed by atoms with Crippen LogP contribution >= 0.6 is 0 Å². The van der Waals surface area contributed by atoms with Crippen LogP contribution in [0.25, 0.3) is 0 Å². The van der Waals surface area contributed by atoms with E-state index in [0.29, 0.717) is 17.6 Å². The first-order valence-corrected chi connectivity index (χ1v) is 7.61. The van der Waals surface area contributed by atoms with Gasteiger partial charge in [0.05, 0.1) is 6.04 Å². The standard InChI is InChI=1S/C17H29N3O/c1-11(2)9-13(4)20(6)14(5)17(21)19-16-10-15(18)8-7-12(16)3/h7-8,10-11,13-14H,9,18H2,1-6H3,(H,19,21). The molecule has 118 valence electrons. The molecule has 1 aromatic rings. The van der Waals surface area contributed by atoms with Crippen molar-refractivity contribution in [3.8, 4) is 0 Å². The van der Waals surface area contributed by atoms with E-state index in [-0.39, 0.29) is 11.9 Å². The second kappa shape index (κ2) is 7.46. The van der Waals surface area contributed by atoms with Crippen LogP contribution in [0.1, 0.15) is 39.7 Å². The number of nitrogens with one attached hydrogen (secondary N) is 1. The average molecular weight is 291 g/mol. The van der Waals surface area contributed by atoms with E-state index in [1.54, 1.807) is 6.07 Å². The number of anilines is 2. The number of carbonyl (C=O) groups is 1. The zero-order chi connectivity index (χ0) is 16.2. The summed E-state index contributed by atoms with van der Waals surface area (Å²) < 4.78 is 0. The second-order valence-electron chi connectivity index (χ2n) is 6.38. The third-order valence-corrected chi connectivity index (χ3v) is 4.02. The summed E-state index contributed by atoms with van der Waals surface area (Å²) in [5.41, 5.74) is 8.24. The molecule has 0 spiro atoms. The lowest BCUT2D eigenvalue weighted by Gasteiger charge is -2.31. The van der Waals surface area contributed by atoms with E-state index in [1.807, 2.05) is 33.0 Å². The SMILES string of the molecule is Cc1ccc(N)cc1NC(=O)C(C)N(C)C(C)CC(C)C. The van der Waals surface area contributed by atoms with Crippen molar-refractivity contribution in [1.82, 2.24) is 4.90 Å². The lowest BCUT2D eigenvalue weighted by atomic mass is 10.0. The highest BCUT2D eigenvalue weighted by Gasteiger charge is 2.23. The Labute approximate surface area is 128 Å². The van der Waals surface area contributed by atoms with Gasteiger partial charge in [0.1, 0.15) is 0 Å². The molecule has 0 aliphatic heterocycles. The first-order chi connectivity index (χ1) is 9.72. The highest BCUT2D eigenvalue weighted by Crippen LogP contribution is 2.19. The van der Waals surface area contributed by atoms with Crippen LogP contribution in [0.5, 0.6) is 0 Å². The molecule has 2 atom stereocenters. The fraction of sp³-hybridized carbons (Fsp3) is 0.588. The molecule has 0 heterocycles. The van der Waals surface area contributed by atoms with Crippen molar-refractivity contribution in [2.45, 2.75) is 53.1 Å². The Morgan fingerprint density at radius 1 is 1.29 bits per heavy atom. The van der Waals surface area contributed by atoms with Gasteiger partial charge in [0.15, 0.2) is 0 Å². The second-order valence-corrected chi connectivity index (χ2v) is 6.38. The zero-order valence-electron chi connectivity index (χ0n) is 14.1. The quantitative estimate of drug-likeness (QED) is 0.791. The van der Waals surface area contributed by atoms with Gasteiger partial charge in [-0.05, 0) is 57.9 Å². The maximum atomic E-state index is 12.4. The molecule has 0 aromatic heterocycles. The highest BCUT2D eigenvalue weighted by molar-refractivity contribution is 5.95. The Balaban J connectivity index is 2.72. The maximum absolute atomic E-state index is 12.4. The van der Waals surface area contributed by atoms with Crippen molar-refractivity contribution in [3.05, 3.63) is 23.8 Å². The first kappa shape index (κ1) is 17.5. The summed E-state index contributed by atoms with van der Waals surface area (Å²) in [6.45, 7) is 10.5. The molecule has 0 saturated heterocycles. The van der Waals surface area contributed by atoms with Crippen LogP contribution < -0.4 is 11.1 Å². The lowest BCUT2D eigenvalue weighted by molar-refractivity contribution is -0.121. The third-order valence-electron chi connectivity index (χ3n) is 4.02. The minimum Gasteiger partial charge on any atom is -0.399 e. The Kier molecular flexibility index (Phi) is 6.21. The average Bonchev–Trinajstić information content (AvgIpc) is 2.40. The summed E-state index contributed by atoms with van der Waals surface area (Å²) in [5, 5.41) is 2.98. The fourth-order valence-electron chi connectivity index (χ4n) is 2.43. The predicted octanol–water partition coefficient (Wildman–Crippen LogP) is 3.27. The van der Waals surface area contributed by atoms with Crippen LogP contribution in [0.15, 0.2) is 18.2 Å². The van der Waals surface area contributed by atoms with Gasteiger partial charge in [0.2, 0.25) is 5.91 Å². The Morgan fingerprint density at radius 2 is 1.90 bits per heavy atom. The van der Waals surface area contributed by atoms with Gasteiger partial charge < -0.3 is 11.1 Å². The number of hydrogen-bond acceptors (Lipinski definition) is 3. The van der Waals surface area contributed by atoms with E-state index in [2.05, 4.69) is 31.0 Å². The summed E-state index contributed by atoms with van der Waals surface area (Å²) in [6, 6.07) is 5.75. The van der Waals surface area contributed by atoms with Crippen LogP contribution in [0.4, 0.5) is 11.4 Å². The summed E-state index contributed by atoms with van der Waals surface area (Å²) in [7, 11) is 2.00. The normalized spacial score (nSPS) is 14.3. The molecule has 0 bridgehead atoms. The summed E-state index contributed by atoms with van der Waals surface area (Å²) >= 11 is 0. The summed E-state index contributed by atoms with van der Waals surface area (Å²) in [6.07, 6.45) is 1.07. The van der Waals surface area contributed by atoms with Crippen molar-refractivity contribution >= 4 is 17.3 Å². The molecule has 0 aliphatic carbocycles. The third kappa shape index (κ3) is 5.05. The summed E-state index contributed by atoms with van der Waals surface area (Å²) in [4.78, 5) is 14.5. The van der Waals surface area contributed by atoms with Gasteiger partial charge in [0.25, 0.3) is 0 Å². The van der Waals surface area contributed by atoms with Crippen molar-refractivity contribution in [3.63, 3.8) is 0 Å². The monoisotopic (exact) mass is 291 g/mol. The van der Waals surface area contributed by atoms with E-state index in [0.717, 1.165) is 17.7 Å². The first-order valence-electron chi connectivity index (χ1n) is 7.61. The van der Waals surface area contributed by atoms with Crippen molar-refractivity contribution < 1.29 is 4.79 Å². The predicted molar refractivity (Wildman–Crippen MR) is 90.4 cm³/mol. The molecule has 0 aliphatic rings.